The van der Waals surface area contributed by atoms with Gasteiger partial charge in [-0.15, -0.1) is 0 Å². The van der Waals surface area contributed by atoms with E-state index in [1.54, 1.807) is 18.3 Å². The maximum absolute atomic E-state index is 13.4. The number of hydrogen-bond acceptors (Lipinski definition) is 7. The van der Waals surface area contributed by atoms with Gasteiger partial charge in [0.05, 0.1) is 6.04 Å². The van der Waals surface area contributed by atoms with Crippen molar-refractivity contribution in [3.63, 3.8) is 0 Å². The molecule has 0 saturated heterocycles. The fraction of sp³-hybridized carbons (Fsp3) is 0.321. The Morgan fingerprint density at radius 1 is 0.878 bits per heavy atom. The second-order valence-corrected chi connectivity index (χ2v) is 9.74. The highest BCUT2D eigenvalue weighted by atomic mass is 16.4. The van der Waals surface area contributed by atoms with Crippen molar-refractivity contribution >= 4 is 40.5 Å². The average molecular weight is 567 g/mol. The molecule has 0 radical (unpaired) electrons. The van der Waals surface area contributed by atoms with Gasteiger partial charge in [-0.2, -0.15) is 0 Å². The van der Waals surface area contributed by atoms with E-state index in [0.717, 1.165) is 16.5 Å². The smallest absolute Gasteiger partial charge is 0.325 e. The number of aromatic amines is 1. The number of aromatic nitrogens is 1. The number of carbonyl (C=O) groups excluding carboxylic acids is 4. The first-order valence-corrected chi connectivity index (χ1v) is 12.9. The summed E-state index contributed by atoms with van der Waals surface area (Å²) in [6, 6.07) is 8.72. The maximum atomic E-state index is 13.4. The Morgan fingerprint density at radius 3 is 2.17 bits per heavy atom. The Bertz CT molecular complexity index is 1400. The molecular formula is C28H34N6O7. The van der Waals surface area contributed by atoms with Crippen LogP contribution >= 0.6 is 0 Å². The molecule has 4 unspecified atom stereocenters. The van der Waals surface area contributed by atoms with Crippen LogP contribution < -0.4 is 27.4 Å². The number of carbonyl (C=O) groups is 5. The number of para-hydroxylation sites is 1. The minimum Gasteiger partial charge on any atom is -0.508 e. The predicted octanol–water partition coefficient (Wildman–Crippen LogP) is -0.190. The number of nitrogens with two attached hydrogens (primary N) is 2. The van der Waals surface area contributed by atoms with Crippen molar-refractivity contribution in [2.75, 3.05) is 0 Å². The van der Waals surface area contributed by atoms with Gasteiger partial charge < -0.3 is 42.6 Å². The van der Waals surface area contributed by atoms with Gasteiger partial charge >= 0.3 is 5.97 Å². The normalized spacial score (nSPS) is 13.9. The summed E-state index contributed by atoms with van der Waals surface area (Å²) in [7, 11) is 0. The lowest BCUT2D eigenvalue weighted by atomic mass is 10.0. The highest BCUT2D eigenvalue weighted by molar-refractivity contribution is 5.94. The van der Waals surface area contributed by atoms with Crippen LogP contribution in [-0.2, 0) is 36.8 Å². The molecule has 0 bridgehead atoms. The van der Waals surface area contributed by atoms with E-state index in [1.165, 1.54) is 19.1 Å². The van der Waals surface area contributed by atoms with E-state index in [4.69, 9.17) is 16.6 Å². The van der Waals surface area contributed by atoms with Crippen molar-refractivity contribution < 1.29 is 34.2 Å². The second kappa shape index (κ2) is 13.9. The molecule has 1 heterocycles. The van der Waals surface area contributed by atoms with E-state index in [9.17, 15) is 29.1 Å². The van der Waals surface area contributed by atoms with Crippen molar-refractivity contribution in [3.8, 4) is 5.75 Å². The number of phenolic OH excluding ortho intramolecular Hbond substituents is 1. The van der Waals surface area contributed by atoms with Crippen LogP contribution in [0.2, 0.25) is 0 Å². The number of benzene rings is 2. The topological polar surface area (TPSA) is 230 Å². The highest BCUT2D eigenvalue weighted by Crippen LogP contribution is 2.19. The number of primary amides is 1. The summed E-state index contributed by atoms with van der Waals surface area (Å²) in [4.78, 5) is 65.0. The number of rotatable bonds is 14. The molecule has 218 valence electrons. The minimum atomic E-state index is -1.31. The van der Waals surface area contributed by atoms with Crippen LogP contribution in [0.5, 0.6) is 5.75 Å². The van der Waals surface area contributed by atoms with Crippen LogP contribution in [0.25, 0.3) is 10.9 Å². The number of phenols is 1. The Balaban J connectivity index is 1.78. The van der Waals surface area contributed by atoms with E-state index >= 15 is 0 Å². The molecule has 0 saturated carbocycles. The van der Waals surface area contributed by atoms with Crippen molar-refractivity contribution in [2.24, 2.45) is 11.5 Å². The SMILES string of the molecule is CC(NC(=O)C(CCC(N)=O)NC(=O)C(Cc1ccc(O)cc1)NC(=O)C(N)Cc1c[nH]c2ccccc12)C(=O)O. The molecular weight excluding hydrogens is 532 g/mol. The van der Waals surface area contributed by atoms with E-state index < -0.39 is 53.8 Å². The molecule has 0 spiro atoms. The molecule has 0 aliphatic heterocycles. The van der Waals surface area contributed by atoms with E-state index in [2.05, 4.69) is 20.9 Å². The monoisotopic (exact) mass is 566 g/mol. The fourth-order valence-corrected chi connectivity index (χ4v) is 4.19. The van der Waals surface area contributed by atoms with Gasteiger partial charge in [-0.25, -0.2) is 0 Å². The number of nitrogens with one attached hydrogen (secondary N) is 4. The molecule has 4 amide bonds. The standard InChI is InChI=1S/C28H34N6O7/c1-15(28(40)41)32-26(38)22(10-11-24(30)36)33-27(39)23(12-16-6-8-18(35)9-7-16)34-25(37)20(29)13-17-14-31-21-5-3-2-4-19(17)21/h2-9,14-15,20,22-23,31,35H,10-13,29H2,1H3,(H2,30,36)(H,32,38)(H,33,39)(H,34,37)(H,40,41). The number of aromatic hydroxyl groups is 1. The molecule has 13 heteroatoms. The lowest BCUT2D eigenvalue weighted by Gasteiger charge is -2.25. The summed E-state index contributed by atoms with van der Waals surface area (Å²) in [5.74, 6) is -4.22. The number of H-pyrrole nitrogens is 1. The molecule has 0 aliphatic rings. The third kappa shape index (κ3) is 8.80. The first-order valence-electron chi connectivity index (χ1n) is 12.9. The van der Waals surface area contributed by atoms with Crippen LogP contribution in [-0.4, -0.2) is 69.0 Å². The van der Waals surface area contributed by atoms with Gasteiger partial charge in [0.15, 0.2) is 0 Å². The van der Waals surface area contributed by atoms with E-state index in [1.807, 2.05) is 24.3 Å². The molecule has 3 aromatic rings. The third-order valence-corrected chi connectivity index (χ3v) is 6.50. The highest BCUT2D eigenvalue weighted by Gasteiger charge is 2.30. The Hall–Kier alpha value is -4.91. The van der Waals surface area contributed by atoms with Gasteiger partial charge in [-0.05, 0) is 49.1 Å². The summed E-state index contributed by atoms with van der Waals surface area (Å²) in [6.45, 7) is 1.25. The molecule has 13 nitrogen and oxygen atoms in total. The molecule has 10 N–H and O–H groups in total. The number of carboxylic acids is 1. The van der Waals surface area contributed by atoms with Gasteiger partial charge in [0.25, 0.3) is 0 Å². The zero-order chi connectivity index (χ0) is 30.1. The van der Waals surface area contributed by atoms with Crippen LogP contribution in [0.3, 0.4) is 0 Å². The summed E-state index contributed by atoms with van der Waals surface area (Å²) in [5.41, 5.74) is 13.7. The lowest BCUT2D eigenvalue weighted by Crippen LogP contribution is -2.57. The second-order valence-electron chi connectivity index (χ2n) is 9.74. The van der Waals surface area contributed by atoms with Gasteiger partial charge in [0, 0.05) is 29.9 Å². The largest absolute Gasteiger partial charge is 0.508 e. The number of aliphatic carboxylic acids is 1. The molecule has 4 atom stereocenters. The summed E-state index contributed by atoms with van der Waals surface area (Å²) in [6.07, 6.45) is 1.47. The Morgan fingerprint density at radius 2 is 1.51 bits per heavy atom. The van der Waals surface area contributed by atoms with Gasteiger partial charge in [0.1, 0.15) is 23.9 Å². The Kier molecular flexibility index (Phi) is 10.4. The first kappa shape index (κ1) is 30.6. The van der Waals surface area contributed by atoms with Crippen LogP contribution in [0.1, 0.15) is 30.9 Å². The number of amides is 4. The lowest BCUT2D eigenvalue weighted by molar-refractivity contribution is -0.142. The maximum Gasteiger partial charge on any atom is 0.325 e. The Labute approximate surface area is 235 Å². The van der Waals surface area contributed by atoms with E-state index in [0.29, 0.717) is 5.56 Å². The molecule has 0 aliphatic carbocycles. The average Bonchev–Trinajstić information content (AvgIpc) is 3.33. The predicted molar refractivity (Wildman–Crippen MR) is 149 cm³/mol. The van der Waals surface area contributed by atoms with Gasteiger partial charge in [-0.3, -0.25) is 24.0 Å². The van der Waals surface area contributed by atoms with Gasteiger partial charge in [0.2, 0.25) is 23.6 Å². The number of fused-ring (bicyclic) bond motifs is 1. The van der Waals surface area contributed by atoms with Crippen molar-refractivity contribution in [3.05, 3.63) is 65.9 Å². The molecule has 0 fully saturated rings. The zero-order valence-electron chi connectivity index (χ0n) is 22.4. The first-order chi connectivity index (χ1) is 19.4. The van der Waals surface area contributed by atoms with Crippen molar-refractivity contribution in [1.29, 1.82) is 0 Å². The molecule has 3 rings (SSSR count). The number of hydrogen-bond donors (Lipinski definition) is 8. The number of carboxylic acid groups (broad SMARTS) is 1. The molecule has 41 heavy (non-hydrogen) atoms. The van der Waals surface area contributed by atoms with Crippen LogP contribution in [0.4, 0.5) is 0 Å². The summed E-state index contributed by atoms with van der Waals surface area (Å²) >= 11 is 0. The molecule has 1 aromatic heterocycles. The van der Waals surface area contributed by atoms with Gasteiger partial charge in [-0.1, -0.05) is 30.3 Å². The quantitative estimate of drug-likeness (QED) is 0.130. The van der Waals surface area contributed by atoms with Crippen molar-refractivity contribution in [1.82, 2.24) is 20.9 Å². The van der Waals surface area contributed by atoms with E-state index in [-0.39, 0.29) is 31.4 Å². The third-order valence-electron chi connectivity index (χ3n) is 6.50. The zero-order valence-corrected chi connectivity index (χ0v) is 22.4. The molecule has 2 aromatic carbocycles. The summed E-state index contributed by atoms with van der Waals surface area (Å²) < 4.78 is 0. The summed E-state index contributed by atoms with van der Waals surface area (Å²) in [5, 5.41) is 27.1. The van der Waals surface area contributed by atoms with Crippen molar-refractivity contribution in [2.45, 2.75) is 56.8 Å². The minimum absolute atomic E-state index is 0.00951. The van der Waals surface area contributed by atoms with Crippen LogP contribution in [0.15, 0.2) is 54.7 Å². The fourth-order valence-electron chi connectivity index (χ4n) is 4.19. The van der Waals surface area contributed by atoms with Crippen LogP contribution in [0, 0.1) is 0 Å².